The van der Waals surface area contributed by atoms with Gasteiger partial charge in [-0.3, -0.25) is 4.98 Å². The van der Waals surface area contributed by atoms with Crippen LogP contribution in [0.15, 0.2) is 36.5 Å². The van der Waals surface area contributed by atoms with E-state index in [2.05, 4.69) is 34.0 Å². The molecule has 0 bridgehead atoms. The highest BCUT2D eigenvalue weighted by Gasteiger charge is 2.15. The molecular formula is C22H26N4O. The topological polar surface area (TPSA) is 52.5 Å². The monoisotopic (exact) mass is 362 g/mol. The molecule has 5 heteroatoms. The number of hydrogen-bond acceptors (Lipinski definition) is 5. The van der Waals surface area contributed by atoms with Crippen LogP contribution in [0.25, 0.3) is 22.2 Å². The normalized spacial score (nSPS) is 15.9. The largest absolute Gasteiger partial charge is 0.507 e. The van der Waals surface area contributed by atoms with Gasteiger partial charge >= 0.3 is 0 Å². The van der Waals surface area contributed by atoms with Gasteiger partial charge in [0, 0.05) is 19.6 Å². The summed E-state index contributed by atoms with van der Waals surface area (Å²) >= 11 is 0. The number of benzene rings is 2. The Kier molecular flexibility index (Phi) is 4.70. The molecular weight excluding hydrogens is 336 g/mol. The zero-order chi connectivity index (χ0) is 19.0. The van der Waals surface area contributed by atoms with E-state index in [1.54, 1.807) is 0 Å². The number of aromatic hydroxyl groups is 1. The van der Waals surface area contributed by atoms with E-state index in [0.29, 0.717) is 5.75 Å². The lowest BCUT2D eigenvalue weighted by Crippen LogP contribution is -2.29. The Morgan fingerprint density at radius 1 is 0.889 bits per heavy atom. The highest BCUT2D eigenvalue weighted by Crippen LogP contribution is 2.30. The quantitative estimate of drug-likeness (QED) is 0.752. The van der Waals surface area contributed by atoms with Gasteiger partial charge in [0.05, 0.1) is 17.2 Å². The number of phenolic OH excluding ortho intramolecular Hbond substituents is 1. The van der Waals surface area contributed by atoms with E-state index >= 15 is 0 Å². The molecule has 0 unspecified atom stereocenters. The molecule has 1 aliphatic rings. The van der Waals surface area contributed by atoms with Crippen LogP contribution in [0.3, 0.4) is 0 Å². The average molecular weight is 362 g/mol. The molecule has 1 aliphatic heterocycles. The van der Waals surface area contributed by atoms with Crippen LogP contribution in [0.4, 0.5) is 5.82 Å². The van der Waals surface area contributed by atoms with E-state index in [0.717, 1.165) is 71.7 Å². The predicted molar refractivity (Wildman–Crippen MR) is 110 cm³/mol. The van der Waals surface area contributed by atoms with Crippen LogP contribution >= 0.6 is 0 Å². The van der Waals surface area contributed by atoms with E-state index in [1.165, 1.54) is 0 Å². The zero-order valence-corrected chi connectivity index (χ0v) is 16.2. The van der Waals surface area contributed by atoms with E-state index in [-0.39, 0.29) is 0 Å². The fourth-order valence-electron chi connectivity index (χ4n) is 3.73. The maximum atomic E-state index is 10.0. The number of hydrogen-bond donors (Lipinski definition) is 1. The number of phenols is 1. The number of likely N-dealkylation sites (N-methyl/N-ethyl adjacent to an activating group) is 1. The van der Waals surface area contributed by atoms with Crippen molar-refractivity contribution >= 4 is 16.9 Å². The van der Waals surface area contributed by atoms with Crippen molar-refractivity contribution in [1.82, 2.24) is 14.9 Å². The third-order valence-corrected chi connectivity index (χ3v) is 5.40. The molecule has 1 aromatic heterocycles. The number of rotatable bonds is 2. The fraction of sp³-hybridized carbons (Fsp3) is 0.364. The fourth-order valence-corrected chi connectivity index (χ4v) is 3.73. The first-order chi connectivity index (χ1) is 13.0. The van der Waals surface area contributed by atoms with Crippen LogP contribution in [0.1, 0.15) is 17.5 Å². The number of anilines is 1. The first-order valence-corrected chi connectivity index (χ1v) is 9.52. The van der Waals surface area contributed by atoms with E-state index in [4.69, 9.17) is 4.98 Å². The number of nitrogens with zero attached hydrogens (tertiary/aromatic N) is 4. The first-order valence-electron chi connectivity index (χ1n) is 9.52. The first kappa shape index (κ1) is 17.7. The number of fused-ring (bicyclic) bond motifs is 1. The van der Waals surface area contributed by atoms with Gasteiger partial charge in [0.25, 0.3) is 0 Å². The molecule has 2 heterocycles. The summed E-state index contributed by atoms with van der Waals surface area (Å²) in [5.41, 5.74) is 5.77. The minimum Gasteiger partial charge on any atom is -0.507 e. The highest BCUT2D eigenvalue weighted by atomic mass is 16.3. The molecule has 140 valence electrons. The third kappa shape index (κ3) is 3.60. The summed E-state index contributed by atoms with van der Waals surface area (Å²) in [6.07, 6.45) is 3.03. The summed E-state index contributed by atoms with van der Waals surface area (Å²) in [7, 11) is 2.17. The van der Waals surface area contributed by atoms with Gasteiger partial charge in [0.1, 0.15) is 11.6 Å². The van der Waals surface area contributed by atoms with Gasteiger partial charge in [-0.15, -0.1) is 0 Å². The van der Waals surface area contributed by atoms with E-state index < -0.39 is 0 Å². The van der Waals surface area contributed by atoms with Crippen molar-refractivity contribution in [3.63, 3.8) is 0 Å². The lowest BCUT2D eigenvalue weighted by atomic mass is 9.99. The van der Waals surface area contributed by atoms with Crippen LogP contribution in [0.5, 0.6) is 5.75 Å². The third-order valence-electron chi connectivity index (χ3n) is 5.40. The molecule has 0 amide bonds. The van der Waals surface area contributed by atoms with Crippen LogP contribution in [-0.2, 0) is 0 Å². The number of aryl methyl sites for hydroxylation is 2. The molecule has 27 heavy (non-hydrogen) atoms. The lowest BCUT2D eigenvalue weighted by Gasteiger charge is -2.21. The molecule has 1 saturated heterocycles. The maximum Gasteiger partial charge on any atom is 0.147 e. The Bertz CT molecular complexity index is 962. The molecule has 2 aromatic carbocycles. The molecule has 0 atom stereocenters. The van der Waals surface area contributed by atoms with Gasteiger partial charge in [-0.2, -0.15) is 0 Å². The van der Waals surface area contributed by atoms with Gasteiger partial charge in [0.2, 0.25) is 0 Å². The van der Waals surface area contributed by atoms with Crippen molar-refractivity contribution in [3.05, 3.63) is 47.7 Å². The Morgan fingerprint density at radius 3 is 2.44 bits per heavy atom. The summed E-state index contributed by atoms with van der Waals surface area (Å²) < 4.78 is 0. The molecule has 0 aliphatic carbocycles. The molecule has 1 N–H and O–H groups in total. The average Bonchev–Trinajstić information content (AvgIpc) is 2.89. The second-order valence-corrected chi connectivity index (χ2v) is 7.53. The van der Waals surface area contributed by atoms with Crippen molar-refractivity contribution in [2.75, 3.05) is 38.1 Å². The van der Waals surface area contributed by atoms with Crippen LogP contribution in [0.2, 0.25) is 0 Å². The van der Waals surface area contributed by atoms with Crippen molar-refractivity contribution in [2.45, 2.75) is 20.3 Å². The predicted octanol–water partition coefficient (Wildman–Crippen LogP) is 3.76. The Hall–Kier alpha value is -2.66. The van der Waals surface area contributed by atoms with Crippen molar-refractivity contribution in [1.29, 1.82) is 0 Å². The van der Waals surface area contributed by atoms with Gasteiger partial charge in [-0.05, 0) is 80.4 Å². The van der Waals surface area contributed by atoms with Gasteiger partial charge in [-0.25, -0.2) is 4.98 Å². The summed E-state index contributed by atoms with van der Waals surface area (Å²) in [5.74, 6) is 1.32. The minimum atomic E-state index is 0.368. The minimum absolute atomic E-state index is 0.368. The van der Waals surface area contributed by atoms with E-state index in [1.807, 2.05) is 38.2 Å². The second kappa shape index (κ2) is 7.16. The highest BCUT2D eigenvalue weighted by molar-refractivity contribution is 5.82. The Morgan fingerprint density at radius 2 is 1.67 bits per heavy atom. The summed E-state index contributed by atoms with van der Waals surface area (Å²) in [4.78, 5) is 14.2. The Labute approximate surface area is 160 Å². The SMILES string of the molecule is Cc1cc(-c2ccc3ncc(N4CCCN(C)CC4)nc3c2)cc(C)c1O. The van der Waals surface area contributed by atoms with Gasteiger partial charge in [-0.1, -0.05) is 6.07 Å². The molecule has 0 spiro atoms. The smallest absolute Gasteiger partial charge is 0.147 e. The van der Waals surface area contributed by atoms with E-state index in [9.17, 15) is 5.11 Å². The molecule has 4 rings (SSSR count). The summed E-state index contributed by atoms with van der Waals surface area (Å²) in [6, 6.07) is 10.2. The molecule has 1 fully saturated rings. The van der Waals surface area contributed by atoms with Crippen LogP contribution in [-0.4, -0.2) is 53.2 Å². The van der Waals surface area contributed by atoms with Crippen molar-refractivity contribution < 1.29 is 5.11 Å². The van der Waals surface area contributed by atoms with Crippen molar-refractivity contribution in [3.8, 4) is 16.9 Å². The molecule has 0 saturated carbocycles. The molecule has 5 nitrogen and oxygen atoms in total. The van der Waals surface area contributed by atoms with Crippen molar-refractivity contribution in [2.24, 2.45) is 0 Å². The zero-order valence-electron chi connectivity index (χ0n) is 16.2. The molecule has 3 aromatic rings. The Balaban J connectivity index is 1.71. The summed E-state index contributed by atoms with van der Waals surface area (Å²) in [5, 5.41) is 10.0. The van der Waals surface area contributed by atoms with Gasteiger partial charge in [0.15, 0.2) is 0 Å². The second-order valence-electron chi connectivity index (χ2n) is 7.53. The maximum absolute atomic E-state index is 10.0. The summed E-state index contributed by atoms with van der Waals surface area (Å²) in [6.45, 7) is 8.03. The van der Waals surface area contributed by atoms with Crippen LogP contribution < -0.4 is 4.90 Å². The standard InChI is InChI=1S/C22H26N4O/c1-15-11-18(12-16(2)22(15)27)17-5-6-19-20(13-17)24-21(14-23-19)26-8-4-7-25(3)9-10-26/h5-6,11-14,27H,4,7-10H2,1-3H3. The van der Waals surface area contributed by atoms with Gasteiger partial charge < -0.3 is 14.9 Å². The number of aromatic nitrogens is 2. The molecule has 0 radical (unpaired) electrons. The van der Waals surface area contributed by atoms with Crippen LogP contribution in [0, 0.1) is 13.8 Å². The lowest BCUT2D eigenvalue weighted by molar-refractivity contribution is 0.360.